The fraction of sp³-hybridized carbons (Fsp3) is 0.200. The lowest BCUT2D eigenvalue weighted by molar-refractivity contribution is 0.0502. The van der Waals surface area contributed by atoms with Gasteiger partial charge in [0.15, 0.2) is 0 Å². The fourth-order valence-corrected chi connectivity index (χ4v) is 2.73. The van der Waals surface area contributed by atoms with Crippen LogP contribution >= 0.6 is 11.6 Å². The number of carbonyl (C=O) groups excluding carboxylic acids is 1. The van der Waals surface area contributed by atoms with Crippen LogP contribution in [0, 0.1) is 0 Å². The molecule has 4 heteroatoms. The van der Waals surface area contributed by atoms with E-state index in [0.717, 1.165) is 35.0 Å². The van der Waals surface area contributed by atoms with Crippen LogP contribution in [0.15, 0.2) is 60.7 Å². The van der Waals surface area contributed by atoms with Crippen molar-refractivity contribution in [2.24, 2.45) is 0 Å². The molecule has 0 radical (unpaired) electrons. The highest BCUT2D eigenvalue weighted by atomic mass is 35.5. The van der Waals surface area contributed by atoms with Crippen molar-refractivity contribution in [1.29, 1.82) is 0 Å². The molecule has 0 aliphatic rings. The molecule has 0 N–H and O–H groups in total. The Morgan fingerprint density at radius 2 is 1.75 bits per heavy atom. The second kappa shape index (κ2) is 7.93. The number of alkyl halides is 1. The first kappa shape index (κ1) is 16.5. The van der Waals surface area contributed by atoms with Crippen molar-refractivity contribution >= 4 is 28.5 Å². The van der Waals surface area contributed by atoms with Gasteiger partial charge >= 0.3 is 5.97 Å². The number of nitrogens with zero attached hydrogens (tertiary/aromatic N) is 1. The molecular formula is C20H18ClNO2. The highest BCUT2D eigenvalue weighted by Crippen LogP contribution is 2.25. The number of pyridine rings is 1. The van der Waals surface area contributed by atoms with Crippen molar-refractivity contribution in [3.63, 3.8) is 0 Å². The maximum absolute atomic E-state index is 12.5. The zero-order chi connectivity index (χ0) is 16.8. The minimum absolute atomic E-state index is 0.319. The van der Waals surface area contributed by atoms with Gasteiger partial charge in [-0.2, -0.15) is 0 Å². The van der Waals surface area contributed by atoms with Crippen LogP contribution < -0.4 is 0 Å². The molecule has 2 aromatic carbocycles. The van der Waals surface area contributed by atoms with E-state index < -0.39 is 0 Å². The number of carbonyl (C=O) groups is 1. The van der Waals surface area contributed by atoms with Gasteiger partial charge in [-0.3, -0.25) is 0 Å². The topological polar surface area (TPSA) is 39.2 Å². The summed E-state index contributed by atoms with van der Waals surface area (Å²) < 4.78 is 5.40. The lowest BCUT2D eigenvalue weighted by Crippen LogP contribution is -2.08. The van der Waals surface area contributed by atoms with Crippen LogP contribution in [-0.2, 0) is 4.74 Å². The number of unbranched alkanes of at least 4 members (excludes halogenated alkanes) is 1. The molecule has 3 nitrogen and oxygen atoms in total. The maximum atomic E-state index is 12.5. The predicted octanol–water partition coefficient (Wildman–Crippen LogP) is 5.08. The van der Waals surface area contributed by atoms with Crippen molar-refractivity contribution in [3.8, 4) is 11.3 Å². The number of ether oxygens (including phenoxy) is 1. The van der Waals surface area contributed by atoms with E-state index in [1.807, 2.05) is 60.7 Å². The first-order valence-corrected chi connectivity index (χ1v) is 8.51. The van der Waals surface area contributed by atoms with E-state index in [2.05, 4.69) is 4.98 Å². The zero-order valence-electron chi connectivity index (χ0n) is 13.2. The van der Waals surface area contributed by atoms with Crippen molar-refractivity contribution in [2.45, 2.75) is 12.8 Å². The molecule has 0 atom stereocenters. The summed E-state index contributed by atoms with van der Waals surface area (Å²) in [5.41, 5.74) is 3.07. The van der Waals surface area contributed by atoms with E-state index >= 15 is 0 Å². The molecule has 1 aromatic heterocycles. The molecule has 0 bridgehead atoms. The van der Waals surface area contributed by atoms with Gasteiger partial charge in [0.1, 0.15) is 0 Å². The van der Waals surface area contributed by atoms with Gasteiger partial charge in [-0.05, 0) is 25.0 Å². The maximum Gasteiger partial charge on any atom is 0.338 e. The third kappa shape index (κ3) is 3.74. The standard InChI is InChI=1S/C20H18ClNO2/c21-12-6-7-13-24-20(23)17-14-19(15-8-2-1-3-9-15)22-18-11-5-4-10-16(17)18/h1-5,8-11,14H,6-7,12-13H2. The molecule has 0 spiro atoms. The first-order chi connectivity index (χ1) is 11.8. The number of hydrogen-bond donors (Lipinski definition) is 0. The molecule has 122 valence electrons. The smallest absolute Gasteiger partial charge is 0.338 e. The van der Waals surface area contributed by atoms with E-state index in [0.29, 0.717) is 18.1 Å². The summed E-state index contributed by atoms with van der Waals surface area (Å²) in [5, 5.41) is 0.805. The normalized spacial score (nSPS) is 10.7. The van der Waals surface area contributed by atoms with Crippen LogP contribution in [-0.4, -0.2) is 23.4 Å². The summed E-state index contributed by atoms with van der Waals surface area (Å²) >= 11 is 5.65. The Labute approximate surface area is 146 Å². The Morgan fingerprint density at radius 3 is 2.54 bits per heavy atom. The molecule has 0 aliphatic heterocycles. The first-order valence-electron chi connectivity index (χ1n) is 7.98. The third-order valence-electron chi connectivity index (χ3n) is 3.77. The van der Waals surface area contributed by atoms with Crippen LogP contribution in [0.1, 0.15) is 23.2 Å². The number of fused-ring (bicyclic) bond motifs is 1. The molecule has 3 aromatic rings. The lowest BCUT2D eigenvalue weighted by atomic mass is 10.0. The molecule has 1 heterocycles. The van der Waals surface area contributed by atoms with E-state index in [-0.39, 0.29) is 5.97 Å². The van der Waals surface area contributed by atoms with Crippen molar-refractivity contribution in [3.05, 3.63) is 66.2 Å². The van der Waals surface area contributed by atoms with Crippen LogP contribution in [0.25, 0.3) is 22.2 Å². The Hall–Kier alpha value is -2.39. The van der Waals surface area contributed by atoms with Gasteiger partial charge in [0.05, 0.1) is 23.4 Å². The van der Waals surface area contributed by atoms with E-state index in [1.54, 1.807) is 0 Å². The average Bonchev–Trinajstić information content (AvgIpc) is 2.65. The average molecular weight is 340 g/mol. The fourth-order valence-electron chi connectivity index (χ4n) is 2.54. The Kier molecular flexibility index (Phi) is 5.44. The van der Waals surface area contributed by atoms with Crippen LogP contribution in [0.5, 0.6) is 0 Å². The Bertz CT molecular complexity index is 833. The summed E-state index contributed by atoms with van der Waals surface area (Å²) in [7, 11) is 0. The summed E-state index contributed by atoms with van der Waals surface area (Å²) in [4.78, 5) is 17.2. The molecule has 0 aliphatic carbocycles. The van der Waals surface area contributed by atoms with Gasteiger partial charge in [0.2, 0.25) is 0 Å². The zero-order valence-corrected chi connectivity index (χ0v) is 14.0. The van der Waals surface area contributed by atoms with E-state index in [1.165, 1.54) is 0 Å². The van der Waals surface area contributed by atoms with Crippen LogP contribution in [0.2, 0.25) is 0 Å². The van der Waals surface area contributed by atoms with Gasteiger partial charge in [0, 0.05) is 16.8 Å². The number of hydrogen-bond acceptors (Lipinski definition) is 3. The van der Waals surface area contributed by atoms with E-state index in [9.17, 15) is 4.79 Å². The van der Waals surface area contributed by atoms with Gasteiger partial charge in [0.25, 0.3) is 0 Å². The lowest BCUT2D eigenvalue weighted by Gasteiger charge is -2.10. The summed E-state index contributed by atoms with van der Waals surface area (Å²) in [6.45, 7) is 0.378. The largest absolute Gasteiger partial charge is 0.462 e. The summed E-state index contributed by atoms with van der Waals surface area (Å²) in [6.07, 6.45) is 1.60. The quantitative estimate of drug-likeness (QED) is 0.357. The molecule has 0 amide bonds. The van der Waals surface area contributed by atoms with Crippen molar-refractivity contribution in [2.75, 3.05) is 12.5 Å². The van der Waals surface area contributed by atoms with Gasteiger partial charge < -0.3 is 4.74 Å². The number of aromatic nitrogens is 1. The molecule has 3 rings (SSSR count). The van der Waals surface area contributed by atoms with Crippen LogP contribution in [0.3, 0.4) is 0 Å². The second-order valence-corrected chi connectivity index (χ2v) is 5.85. The Morgan fingerprint density at radius 1 is 1.00 bits per heavy atom. The molecule has 24 heavy (non-hydrogen) atoms. The molecular weight excluding hydrogens is 322 g/mol. The number of halogens is 1. The third-order valence-corrected chi connectivity index (χ3v) is 4.03. The minimum atomic E-state index is -0.319. The van der Waals surface area contributed by atoms with Crippen molar-refractivity contribution < 1.29 is 9.53 Å². The summed E-state index contributed by atoms with van der Waals surface area (Å²) in [5.74, 6) is 0.258. The minimum Gasteiger partial charge on any atom is -0.462 e. The number of rotatable bonds is 6. The van der Waals surface area contributed by atoms with E-state index in [4.69, 9.17) is 16.3 Å². The predicted molar refractivity (Wildman–Crippen MR) is 97.4 cm³/mol. The number of esters is 1. The summed E-state index contributed by atoms with van der Waals surface area (Å²) in [6, 6.07) is 19.2. The van der Waals surface area contributed by atoms with Gasteiger partial charge in [-0.15, -0.1) is 11.6 Å². The van der Waals surface area contributed by atoms with Gasteiger partial charge in [-0.25, -0.2) is 9.78 Å². The highest BCUT2D eigenvalue weighted by Gasteiger charge is 2.14. The van der Waals surface area contributed by atoms with Crippen LogP contribution in [0.4, 0.5) is 0 Å². The molecule has 0 saturated heterocycles. The molecule has 0 fully saturated rings. The number of para-hydroxylation sites is 1. The SMILES string of the molecule is O=C(OCCCCCl)c1cc(-c2ccccc2)nc2ccccc12. The number of benzene rings is 2. The highest BCUT2D eigenvalue weighted by molar-refractivity contribution is 6.17. The molecule has 0 unspecified atom stereocenters. The van der Waals surface area contributed by atoms with Gasteiger partial charge in [-0.1, -0.05) is 48.5 Å². The molecule has 0 saturated carbocycles. The Balaban J connectivity index is 1.97. The monoisotopic (exact) mass is 339 g/mol. The van der Waals surface area contributed by atoms with Crippen molar-refractivity contribution in [1.82, 2.24) is 4.98 Å². The second-order valence-electron chi connectivity index (χ2n) is 5.47.